The quantitative estimate of drug-likeness (QED) is 0.442. The van der Waals surface area contributed by atoms with Crippen molar-refractivity contribution in [3.63, 3.8) is 0 Å². The zero-order valence-corrected chi connectivity index (χ0v) is 14.5. The maximum absolute atomic E-state index is 13.4. The van der Waals surface area contributed by atoms with Crippen LogP contribution < -0.4 is 9.47 Å². The summed E-state index contributed by atoms with van der Waals surface area (Å²) in [6.07, 6.45) is 0. The van der Waals surface area contributed by atoms with Gasteiger partial charge in [0.05, 0.1) is 6.61 Å². The Morgan fingerprint density at radius 1 is 1.08 bits per heavy atom. The highest BCUT2D eigenvalue weighted by Crippen LogP contribution is 2.20. The van der Waals surface area contributed by atoms with Crippen LogP contribution in [-0.4, -0.2) is 22.6 Å². The second kappa shape index (κ2) is 8.53. The monoisotopic (exact) mass is 360 g/mol. The van der Waals surface area contributed by atoms with E-state index in [9.17, 15) is 4.39 Å². The van der Waals surface area contributed by atoms with Crippen LogP contribution in [0.5, 0.6) is 11.5 Å². The van der Waals surface area contributed by atoms with E-state index in [0.29, 0.717) is 23.5 Å². The first-order chi connectivity index (χ1) is 12.2. The number of aromatic nitrogens is 2. The van der Waals surface area contributed by atoms with Gasteiger partial charge in [-0.3, -0.25) is 0 Å². The molecule has 0 unspecified atom stereocenters. The van der Waals surface area contributed by atoms with Crippen molar-refractivity contribution in [1.82, 2.24) is 10.2 Å². The van der Waals surface area contributed by atoms with Crippen LogP contribution in [0, 0.1) is 12.7 Å². The van der Waals surface area contributed by atoms with E-state index >= 15 is 0 Å². The summed E-state index contributed by atoms with van der Waals surface area (Å²) in [5.41, 5.74) is 1.12. The van der Waals surface area contributed by atoms with Crippen molar-refractivity contribution in [2.45, 2.75) is 18.8 Å². The zero-order valence-electron chi connectivity index (χ0n) is 13.6. The molecule has 25 heavy (non-hydrogen) atoms. The zero-order chi connectivity index (χ0) is 17.5. The van der Waals surface area contributed by atoms with Crippen LogP contribution in [0.4, 0.5) is 4.39 Å². The van der Waals surface area contributed by atoms with Gasteiger partial charge in [0.1, 0.15) is 5.75 Å². The molecule has 0 N–H and O–H groups in total. The highest BCUT2D eigenvalue weighted by molar-refractivity contribution is 7.99. The summed E-state index contributed by atoms with van der Waals surface area (Å²) >= 11 is 1.35. The van der Waals surface area contributed by atoms with Crippen molar-refractivity contribution in [1.29, 1.82) is 0 Å². The Hall–Kier alpha value is -2.54. The summed E-state index contributed by atoms with van der Waals surface area (Å²) in [5.74, 6) is 1.58. The minimum Gasteiger partial charge on any atom is -0.490 e. The number of benzene rings is 2. The third kappa shape index (κ3) is 5.22. The summed E-state index contributed by atoms with van der Waals surface area (Å²) < 4.78 is 29.9. The van der Waals surface area contributed by atoms with E-state index in [0.717, 1.165) is 11.3 Å². The highest BCUT2D eigenvalue weighted by Gasteiger charge is 2.08. The first-order valence-corrected chi connectivity index (χ1v) is 8.71. The van der Waals surface area contributed by atoms with Gasteiger partial charge in [-0.15, -0.1) is 10.2 Å². The molecular weight excluding hydrogens is 343 g/mol. The van der Waals surface area contributed by atoms with Gasteiger partial charge in [-0.1, -0.05) is 36.0 Å². The molecule has 1 heterocycles. The second-order valence-electron chi connectivity index (χ2n) is 5.19. The van der Waals surface area contributed by atoms with Crippen molar-refractivity contribution in [2.75, 3.05) is 12.4 Å². The van der Waals surface area contributed by atoms with Gasteiger partial charge in [-0.2, -0.15) is 0 Å². The Morgan fingerprint density at radius 3 is 2.80 bits per heavy atom. The fraction of sp³-hybridized carbons (Fsp3) is 0.222. The van der Waals surface area contributed by atoms with Gasteiger partial charge in [-0.25, -0.2) is 4.39 Å². The van der Waals surface area contributed by atoms with Crippen molar-refractivity contribution in [3.8, 4) is 11.5 Å². The number of hydrogen-bond donors (Lipinski definition) is 0. The summed E-state index contributed by atoms with van der Waals surface area (Å²) in [6.45, 7) is 2.55. The molecule has 0 fully saturated rings. The summed E-state index contributed by atoms with van der Waals surface area (Å²) in [7, 11) is 0. The molecule has 0 aliphatic heterocycles. The van der Waals surface area contributed by atoms with Gasteiger partial charge in [-0.05, 0) is 36.8 Å². The number of halogens is 1. The predicted molar refractivity (Wildman–Crippen MR) is 92.4 cm³/mol. The standard InChI is InChI=1S/C18H17FN2O3S/c1-13-5-4-6-14(11-13)23-12-17-20-21-18(24-17)25-10-9-22-16-8-3-2-7-15(16)19/h2-8,11H,9-10,12H2,1H3. The number of aryl methyl sites for hydroxylation is 1. The number of hydrogen-bond acceptors (Lipinski definition) is 6. The van der Waals surface area contributed by atoms with E-state index in [1.54, 1.807) is 18.2 Å². The molecule has 0 aliphatic rings. The van der Waals surface area contributed by atoms with Gasteiger partial charge >= 0.3 is 0 Å². The first-order valence-electron chi connectivity index (χ1n) is 7.73. The molecule has 0 aliphatic carbocycles. The van der Waals surface area contributed by atoms with Crippen LogP contribution in [0.3, 0.4) is 0 Å². The van der Waals surface area contributed by atoms with E-state index in [-0.39, 0.29) is 18.2 Å². The Labute approximate surface area is 149 Å². The molecule has 7 heteroatoms. The summed E-state index contributed by atoms with van der Waals surface area (Å²) in [6, 6.07) is 14.0. The molecule has 5 nitrogen and oxygen atoms in total. The Kier molecular flexibility index (Phi) is 5.90. The van der Waals surface area contributed by atoms with E-state index in [1.165, 1.54) is 17.8 Å². The predicted octanol–water partition coefficient (Wildman–Crippen LogP) is 4.27. The third-order valence-corrected chi connectivity index (χ3v) is 3.99. The Morgan fingerprint density at radius 2 is 1.96 bits per heavy atom. The maximum atomic E-state index is 13.4. The van der Waals surface area contributed by atoms with E-state index in [2.05, 4.69) is 10.2 Å². The van der Waals surface area contributed by atoms with Crippen molar-refractivity contribution in [2.24, 2.45) is 0 Å². The fourth-order valence-electron chi connectivity index (χ4n) is 2.05. The van der Waals surface area contributed by atoms with Gasteiger partial charge in [0.15, 0.2) is 18.2 Å². The van der Waals surface area contributed by atoms with Gasteiger partial charge in [0, 0.05) is 5.75 Å². The lowest BCUT2D eigenvalue weighted by Crippen LogP contribution is -2.01. The van der Waals surface area contributed by atoms with Crippen LogP contribution in [0.25, 0.3) is 0 Å². The van der Waals surface area contributed by atoms with Crippen molar-refractivity contribution >= 4 is 11.8 Å². The second-order valence-corrected chi connectivity index (χ2v) is 6.24. The first kappa shape index (κ1) is 17.3. The summed E-state index contributed by atoms with van der Waals surface area (Å²) in [4.78, 5) is 0. The molecular formula is C18H17FN2O3S. The molecule has 2 aromatic carbocycles. The summed E-state index contributed by atoms with van der Waals surface area (Å²) in [5, 5.41) is 8.32. The number of ether oxygens (including phenoxy) is 2. The molecule has 0 radical (unpaired) electrons. The van der Waals surface area contributed by atoms with Crippen LogP contribution in [0.1, 0.15) is 11.5 Å². The van der Waals surface area contributed by atoms with Gasteiger partial charge in [0.2, 0.25) is 0 Å². The van der Waals surface area contributed by atoms with Crippen molar-refractivity contribution < 1.29 is 18.3 Å². The normalized spacial score (nSPS) is 10.6. The SMILES string of the molecule is Cc1cccc(OCc2nnc(SCCOc3ccccc3F)o2)c1. The van der Waals surface area contributed by atoms with Crippen LogP contribution >= 0.6 is 11.8 Å². The molecule has 0 saturated carbocycles. The van der Waals surface area contributed by atoms with Crippen LogP contribution in [0.15, 0.2) is 58.2 Å². The lowest BCUT2D eigenvalue weighted by Gasteiger charge is -2.05. The highest BCUT2D eigenvalue weighted by atomic mass is 32.2. The minimum atomic E-state index is -0.374. The molecule has 0 amide bonds. The van der Waals surface area contributed by atoms with Crippen LogP contribution in [-0.2, 0) is 6.61 Å². The average molecular weight is 360 g/mol. The molecule has 0 atom stereocenters. The average Bonchev–Trinajstić information content (AvgIpc) is 3.06. The topological polar surface area (TPSA) is 57.4 Å². The Balaban J connectivity index is 1.42. The fourth-order valence-corrected chi connectivity index (χ4v) is 2.64. The minimum absolute atomic E-state index is 0.211. The number of para-hydroxylation sites is 1. The van der Waals surface area contributed by atoms with Gasteiger partial charge < -0.3 is 13.9 Å². The third-order valence-electron chi connectivity index (χ3n) is 3.20. The van der Waals surface area contributed by atoms with Crippen molar-refractivity contribution in [3.05, 3.63) is 65.8 Å². The number of thioether (sulfide) groups is 1. The van der Waals surface area contributed by atoms with Crippen LogP contribution in [0.2, 0.25) is 0 Å². The lowest BCUT2D eigenvalue weighted by molar-refractivity contribution is 0.252. The molecule has 0 saturated heterocycles. The Bertz CT molecular complexity index is 825. The van der Waals surface area contributed by atoms with E-state index in [1.807, 2.05) is 31.2 Å². The number of nitrogens with zero attached hydrogens (tertiary/aromatic N) is 2. The number of rotatable bonds is 8. The smallest absolute Gasteiger partial charge is 0.276 e. The van der Waals surface area contributed by atoms with Gasteiger partial charge in [0.25, 0.3) is 11.1 Å². The molecule has 3 aromatic rings. The van der Waals surface area contributed by atoms with E-state index in [4.69, 9.17) is 13.9 Å². The molecule has 0 bridgehead atoms. The maximum Gasteiger partial charge on any atom is 0.276 e. The molecule has 0 spiro atoms. The molecule has 3 rings (SSSR count). The largest absolute Gasteiger partial charge is 0.490 e. The lowest BCUT2D eigenvalue weighted by atomic mass is 10.2. The molecule has 130 valence electrons. The van der Waals surface area contributed by atoms with E-state index < -0.39 is 0 Å². The molecule has 1 aromatic heterocycles.